The highest BCUT2D eigenvalue weighted by molar-refractivity contribution is 7.47. The molecule has 1 unspecified atom stereocenters. The van der Waals surface area contributed by atoms with Crippen LogP contribution in [-0.2, 0) is 37.5 Å². The zero-order valence-corrected chi connectivity index (χ0v) is 31.2. The SMILES string of the molecule is CCCCC/C=C/C/C=C/C/C=C/CCCCCCC(=O)OC[C@@H](COP(=O)(O)OC[C@@H](N)C(=O)O)OC(=O)CCCCCCCCCC. The van der Waals surface area contributed by atoms with Crippen LogP contribution in [0.15, 0.2) is 36.5 Å². The number of aliphatic carboxylic acids is 1. The van der Waals surface area contributed by atoms with Crippen LogP contribution in [0, 0.1) is 0 Å². The third-order valence-corrected chi connectivity index (χ3v) is 8.59. The number of hydrogen-bond donors (Lipinski definition) is 3. The number of hydrogen-bond acceptors (Lipinski definition) is 9. The molecule has 0 aliphatic rings. The Bertz CT molecular complexity index is 984. The lowest BCUT2D eigenvalue weighted by molar-refractivity contribution is -0.161. The van der Waals surface area contributed by atoms with Gasteiger partial charge in [0, 0.05) is 12.8 Å². The van der Waals surface area contributed by atoms with Crippen LogP contribution < -0.4 is 5.73 Å². The molecule has 49 heavy (non-hydrogen) atoms. The van der Waals surface area contributed by atoms with Crippen LogP contribution in [0.5, 0.6) is 0 Å². The second-order valence-electron chi connectivity index (χ2n) is 12.4. The predicted molar refractivity (Wildman–Crippen MR) is 194 cm³/mol. The number of ether oxygens (including phenoxy) is 2. The van der Waals surface area contributed by atoms with E-state index < -0.39 is 51.1 Å². The Kier molecular flexibility index (Phi) is 31.3. The first kappa shape index (κ1) is 46.7. The van der Waals surface area contributed by atoms with Gasteiger partial charge in [-0.25, -0.2) is 4.57 Å². The quantitative estimate of drug-likeness (QED) is 0.0251. The van der Waals surface area contributed by atoms with E-state index in [2.05, 4.69) is 54.8 Å². The fourth-order valence-corrected chi connectivity index (χ4v) is 5.44. The van der Waals surface area contributed by atoms with E-state index in [0.717, 1.165) is 64.2 Å². The van der Waals surface area contributed by atoms with E-state index in [0.29, 0.717) is 12.8 Å². The number of rotatable bonds is 34. The van der Waals surface area contributed by atoms with Crippen molar-refractivity contribution in [2.45, 2.75) is 161 Å². The summed E-state index contributed by atoms with van der Waals surface area (Å²) in [5, 5.41) is 8.83. The first-order valence-electron chi connectivity index (χ1n) is 18.5. The maximum Gasteiger partial charge on any atom is 0.472 e. The summed E-state index contributed by atoms with van der Waals surface area (Å²) in [4.78, 5) is 45.6. The van der Waals surface area contributed by atoms with Crippen molar-refractivity contribution in [1.29, 1.82) is 0 Å². The molecule has 0 rings (SSSR count). The summed E-state index contributed by atoms with van der Waals surface area (Å²) in [5.74, 6) is -2.41. The molecule has 0 radical (unpaired) electrons. The smallest absolute Gasteiger partial charge is 0.472 e. The Morgan fingerprint density at radius 1 is 0.633 bits per heavy atom. The summed E-state index contributed by atoms with van der Waals surface area (Å²) in [7, 11) is -4.71. The van der Waals surface area contributed by atoms with E-state index in [1.54, 1.807) is 0 Å². The molecule has 0 heterocycles. The number of nitrogens with two attached hydrogens (primary N) is 1. The number of unbranched alkanes of at least 4 members (excludes halogenated alkanes) is 14. The number of carbonyl (C=O) groups excluding carboxylic acids is 2. The topological polar surface area (TPSA) is 172 Å². The fraction of sp³-hybridized carbons (Fsp3) is 0.757. The lowest BCUT2D eigenvalue weighted by Gasteiger charge is -2.20. The predicted octanol–water partition coefficient (Wildman–Crippen LogP) is 8.89. The van der Waals surface area contributed by atoms with Gasteiger partial charge in [0.2, 0.25) is 0 Å². The molecule has 0 spiro atoms. The molecule has 0 aromatic heterocycles. The zero-order chi connectivity index (χ0) is 36.4. The Morgan fingerprint density at radius 2 is 1.08 bits per heavy atom. The molecule has 3 atom stereocenters. The lowest BCUT2D eigenvalue weighted by Crippen LogP contribution is -2.34. The van der Waals surface area contributed by atoms with E-state index in [9.17, 15) is 23.8 Å². The molecule has 12 heteroatoms. The molecule has 0 amide bonds. The highest BCUT2D eigenvalue weighted by atomic mass is 31.2. The molecular weight excluding hydrogens is 649 g/mol. The lowest BCUT2D eigenvalue weighted by atomic mass is 10.1. The minimum atomic E-state index is -4.71. The van der Waals surface area contributed by atoms with Crippen LogP contribution in [0.3, 0.4) is 0 Å². The first-order valence-corrected chi connectivity index (χ1v) is 20.0. The molecule has 284 valence electrons. The van der Waals surface area contributed by atoms with Crippen LogP contribution in [0.1, 0.15) is 149 Å². The highest BCUT2D eigenvalue weighted by Crippen LogP contribution is 2.43. The van der Waals surface area contributed by atoms with Crippen molar-refractivity contribution in [1.82, 2.24) is 0 Å². The Balaban J connectivity index is 4.42. The molecule has 0 aliphatic carbocycles. The molecule has 0 aliphatic heterocycles. The van der Waals surface area contributed by atoms with Crippen LogP contribution >= 0.6 is 7.82 Å². The number of carbonyl (C=O) groups is 3. The van der Waals surface area contributed by atoms with Gasteiger partial charge in [0.15, 0.2) is 6.10 Å². The van der Waals surface area contributed by atoms with E-state index in [4.69, 9.17) is 24.8 Å². The summed E-state index contributed by atoms with van der Waals surface area (Å²) < 4.78 is 32.4. The molecule has 0 aromatic carbocycles. The van der Waals surface area contributed by atoms with Crippen molar-refractivity contribution in [3.05, 3.63) is 36.5 Å². The maximum atomic E-state index is 12.5. The summed E-state index contributed by atoms with van der Waals surface area (Å²) in [6.07, 6.45) is 32.3. The number of carboxylic acids is 1. The average Bonchev–Trinajstić information content (AvgIpc) is 3.07. The monoisotopic (exact) mass is 715 g/mol. The van der Waals surface area contributed by atoms with Gasteiger partial charge < -0.3 is 25.2 Å². The number of esters is 2. The van der Waals surface area contributed by atoms with Crippen molar-refractivity contribution < 1.29 is 47.5 Å². The molecule has 11 nitrogen and oxygen atoms in total. The third-order valence-electron chi connectivity index (χ3n) is 7.64. The summed E-state index contributed by atoms with van der Waals surface area (Å²) in [5.41, 5.74) is 5.30. The van der Waals surface area contributed by atoms with E-state index in [1.165, 1.54) is 44.9 Å². The molecule has 0 aromatic rings. The van der Waals surface area contributed by atoms with E-state index >= 15 is 0 Å². The van der Waals surface area contributed by atoms with Crippen LogP contribution in [0.25, 0.3) is 0 Å². The molecular formula is C37H66NO10P. The minimum absolute atomic E-state index is 0.156. The maximum absolute atomic E-state index is 12.5. The van der Waals surface area contributed by atoms with Crippen molar-refractivity contribution >= 4 is 25.7 Å². The van der Waals surface area contributed by atoms with Gasteiger partial charge in [0.1, 0.15) is 12.6 Å². The van der Waals surface area contributed by atoms with Crippen molar-refractivity contribution in [2.75, 3.05) is 19.8 Å². The van der Waals surface area contributed by atoms with Gasteiger partial charge in [-0.15, -0.1) is 0 Å². The molecule has 0 saturated carbocycles. The van der Waals surface area contributed by atoms with Crippen LogP contribution in [0.2, 0.25) is 0 Å². The Hall–Kier alpha value is -2.30. The van der Waals surface area contributed by atoms with Crippen molar-refractivity contribution in [2.24, 2.45) is 5.73 Å². The van der Waals surface area contributed by atoms with Gasteiger partial charge in [-0.05, 0) is 51.4 Å². The highest BCUT2D eigenvalue weighted by Gasteiger charge is 2.28. The second kappa shape index (κ2) is 32.9. The molecule has 0 bridgehead atoms. The normalized spacial score (nSPS) is 14.4. The fourth-order valence-electron chi connectivity index (χ4n) is 4.66. The van der Waals surface area contributed by atoms with Gasteiger partial charge in [-0.3, -0.25) is 23.4 Å². The molecule has 0 fully saturated rings. The summed E-state index contributed by atoms with van der Waals surface area (Å²) >= 11 is 0. The van der Waals surface area contributed by atoms with Crippen LogP contribution in [-0.4, -0.2) is 59.9 Å². The zero-order valence-electron chi connectivity index (χ0n) is 30.3. The van der Waals surface area contributed by atoms with E-state index in [-0.39, 0.29) is 19.4 Å². The largest absolute Gasteiger partial charge is 0.480 e. The number of phosphoric ester groups is 1. The van der Waals surface area contributed by atoms with Crippen molar-refractivity contribution in [3.63, 3.8) is 0 Å². The number of phosphoric acid groups is 1. The first-order chi connectivity index (χ1) is 23.6. The van der Waals surface area contributed by atoms with Gasteiger partial charge >= 0.3 is 25.7 Å². The number of allylic oxidation sites excluding steroid dienone is 6. The number of carboxylic acid groups (broad SMARTS) is 1. The Labute approximate surface area is 295 Å². The minimum Gasteiger partial charge on any atom is -0.480 e. The van der Waals surface area contributed by atoms with E-state index in [1.807, 2.05) is 0 Å². The molecule has 0 saturated heterocycles. The van der Waals surface area contributed by atoms with Gasteiger partial charge in [0.25, 0.3) is 0 Å². The van der Waals surface area contributed by atoms with Gasteiger partial charge in [0.05, 0.1) is 13.2 Å². The van der Waals surface area contributed by atoms with Gasteiger partial charge in [-0.2, -0.15) is 0 Å². The van der Waals surface area contributed by atoms with Crippen molar-refractivity contribution in [3.8, 4) is 0 Å². The summed E-state index contributed by atoms with van der Waals surface area (Å²) in [6.45, 7) is 2.68. The molecule has 4 N–H and O–H groups in total. The third kappa shape index (κ3) is 32.7. The summed E-state index contributed by atoms with van der Waals surface area (Å²) in [6, 6.07) is -1.52. The Morgan fingerprint density at radius 3 is 1.65 bits per heavy atom. The standard InChI is InChI=1S/C37H66NO10P/c1-3-5-7-9-11-13-14-15-16-17-18-19-20-21-23-24-26-28-35(39)45-30-33(31-46-49(43,44)47-32-34(38)37(41)42)48-36(40)29-27-25-22-12-10-8-6-4-2/h11,13,15-16,18-19,33-34H,3-10,12,14,17,20-32,38H2,1-2H3,(H,41,42)(H,43,44)/b13-11+,16-15+,19-18+/t33-,34+/m0/s1. The average molecular weight is 716 g/mol. The van der Waals surface area contributed by atoms with Crippen LogP contribution in [0.4, 0.5) is 0 Å². The second-order valence-corrected chi connectivity index (χ2v) is 13.8. The van der Waals surface area contributed by atoms with Gasteiger partial charge in [-0.1, -0.05) is 121 Å².